The van der Waals surface area contributed by atoms with E-state index >= 15 is 0 Å². The second kappa shape index (κ2) is 8.36. The molecule has 0 bridgehead atoms. The fraction of sp³-hybridized carbons (Fsp3) is 0.250. The van der Waals surface area contributed by atoms with E-state index in [0.29, 0.717) is 6.61 Å². The van der Waals surface area contributed by atoms with Gasteiger partial charge in [0.25, 0.3) is 0 Å². The number of hydrogen-bond donors (Lipinski definition) is 1. The first-order valence-corrected chi connectivity index (χ1v) is 9.53. The number of benzene rings is 3. The number of nitrogens with one attached hydrogen (secondary N) is 1. The lowest BCUT2D eigenvalue weighted by Crippen LogP contribution is -2.30. The van der Waals surface area contributed by atoms with Crippen LogP contribution in [0.2, 0.25) is 0 Å². The molecule has 0 aliphatic carbocycles. The zero-order chi connectivity index (χ0) is 19.3. The average molecular weight is 375 g/mol. The first-order valence-electron chi connectivity index (χ1n) is 9.53. The van der Waals surface area contributed by atoms with Crippen molar-refractivity contribution >= 4 is 0 Å². The largest absolute Gasteiger partial charge is 0.493 e. The highest BCUT2D eigenvalue weighted by atomic mass is 16.5. The van der Waals surface area contributed by atoms with E-state index in [0.717, 1.165) is 35.8 Å². The fourth-order valence-electron chi connectivity index (χ4n) is 3.71. The molecule has 0 radical (unpaired) electrons. The Kier molecular flexibility index (Phi) is 5.49. The quantitative estimate of drug-likeness (QED) is 0.688. The molecule has 0 aromatic heterocycles. The minimum atomic E-state index is 0.101. The average Bonchev–Trinajstić information content (AvgIpc) is 2.77. The van der Waals surface area contributed by atoms with Crippen LogP contribution in [0.3, 0.4) is 0 Å². The molecule has 0 saturated heterocycles. The molecular formula is C24H25NO3. The van der Waals surface area contributed by atoms with E-state index in [2.05, 4.69) is 41.7 Å². The van der Waals surface area contributed by atoms with Gasteiger partial charge in [-0.1, -0.05) is 42.5 Å². The maximum atomic E-state index is 6.02. The smallest absolute Gasteiger partial charge is 0.161 e. The SMILES string of the molecule is COc1cc2c(cc1OC)C(c1cccc(OCc3ccccc3)c1)NCC2. The summed E-state index contributed by atoms with van der Waals surface area (Å²) in [5, 5.41) is 3.63. The maximum Gasteiger partial charge on any atom is 0.161 e. The lowest BCUT2D eigenvalue weighted by Gasteiger charge is -2.28. The normalized spacial score (nSPS) is 15.6. The van der Waals surface area contributed by atoms with Gasteiger partial charge in [0.05, 0.1) is 20.3 Å². The highest BCUT2D eigenvalue weighted by Crippen LogP contribution is 2.38. The third kappa shape index (κ3) is 3.82. The molecule has 1 aliphatic rings. The summed E-state index contributed by atoms with van der Waals surface area (Å²) in [4.78, 5) is 0. The molecule has 0 saturated carbocycles. The van der Waals surface area contributed by atoms with Gasteiger partial charge in [-0.3, -0.25) is 0 Å². The van der Waals surface area contributed by atoms with E-state index in [1.807, 2.05) is 30.3 Å². The molecule has 144 valence electrons. The zero-order valence-corrected chi connectivity index (χ0v) is 16.3. The van der Waals surface area contributed by atoms with Crippen LogP contribution in [-0.4, -0.2) is 20.8 Å². The summed E-state index contributed by atoms with van der Waals surface area (Å²) in [5.74, 6) is 2.41. The molecule has 0 spiro atoms. The molecule has 28 heavy (non-hydrogen) atoms. The summed E-state index contributed by atoms with van der Waals surface area (Å²) in [6.07, 6.45) is 0.969. The Bertz CT molecular complexity index is 940. The Morgan fingerprint density at radius 1 is 0.893 bits per heavy atom. The van der Waals surface area contributed by atoms with Crippen LogP contribution in [0.4, 0.5) is 0 Å². The van der Waals surface area contributed by atoms with Crippen LogP contribution in [0.1, 0.15) is 28.3 Å². The van der Waals surface area contributed by atoms with E-state index in [1.54, 1.807) is 14.2 Å². The number of rotatable bonds is 6. The van der Waals surface area contributed by atoms with Crippen molar-refractivity contribution in [3.8, 4) is 17.2 Å². The highest BCUT2D eigenvalue weighted by Gasteiger charge is 2.24. The van der Waals surface area contributed by atoms with Crippen molar-refractivity contribution < 1.29 is 14.2 Å². The van der Waals surface area contributed by atoms with Crippen molar-refractivity contribution in [3.05, 3.63) is 89.0 Å². The van der Waals surface area contributed by atoms with Crippen molar-refractivity contribution in [1.29, 1.82) is 0 Å². The summed E-state index contributed by atoms with van der Waals surface area (Å²) in [7, 11) is 3.35. The first-order chi connectivity index (χ1) is 13.8. The van der Waals surface area contributed by atoms with E-state index < -0.39 is 0 Å². The molecule has 1 heterocycles. The number of fused-ring (bicyclic) bond motifs is 1. The first kappa shape index (κ1) is 18.4. The third-order valence-corrected chi connectivity index (χ3v) is 5.14. The van der Waals surface area contributed by atoms with Crippen LogP contribution in [0.15, 0.2) is 66.7 Å². The second-order valence-corrected chi connectivity index (χ2v) is 6.89. The van der Waals surface area contributed by atoms with Crippen molar-refractivity contribution in [2.45, 2.75) is 19.1 Å². The topological polar surface area (TPSA) is 39.7 Å². The van der Waals surface area contributed by atoms with Crippen molar-refractivity contribution in [2.24, 2.45) is 0 Å². The van der Waals surface area contributed by atoms with Gasteiger partial charge >= 0.3 is 0 Å². The molecule has 3 aromatic rings. The Hall–Kier alpha value is -2.98. The van der Waals surface area contributed by atoms with Gasteiger partial charge in [-0.25, -0.2) is 0 Å². The molecule has 1 unspecified atom stereocenters. The predicted molar refractivity (Wildman–Crippen MR) is 110 cm³/mol. The lowest BCUT2D eigenvalue weighted by atomic mass is 9.89. The van der Waals surface area contributed by atoms with Gasteiger partial charge in [0.2, 0.25) is 0 Å². The number of methoxy groups -OCH3 is 2. The van der Waals surface area contributed by atoms with Gasteiger partial charge in [0.15, 0.2) is 11.5 Å². The maximum absolute atomic E-state index is 6.02. The van der Waals surface area contributed by atoms with Crippen LogP contribution in [0.5, 0.6) is 17.2 Å². The van der Waals surface area contributed by atoms with Crippen LogP contribution < -0.4 is 19.5 Å². The summed E-state index contributed by atoms with van der Waals surface area (Å²) in [5.41, 5.74) is 4.85. The third-order valence-electron chi connectivity index (χ3n) is 5.14. The molecule has 3 aromatic carbocycles. The van der Waals surface area contributed by atoms with Gasteiger partial charge in [0.1, 0.15) is 12.4 Å². The molecule has 4 rings (SSSR count). The molecule has 1 aliphatic heterocycles. The number of ether oxygens (including phenoxy) is 3. The molecule has 4 heteroatoms. The molecular weight excluding hydrogens is 350 g/mol. The van der Waals surface area contributed by atoms with Crippen LogP contribution in [-0.2, 0) is 13.0 Å². The number of hydrogen-bond acceptors (Lipinski definition) is 4. The molecule has 1 N–H and O–H groups in total. The predicted octanol–water partition coefficient (Wildman–Crippen LogP) is 4.52. The van der Waals surface area contributed by atoms with Crippen LogP contribution in [0, 0.1) is 0 Å². The fourth-order valence-corrected chi connectivity index (χ4v) is 3.71. The Labute approximate surface area is 166 Å². The second-order valence-electron chi connectivity index (χ2n) is 6.89. The molecule has 1 atom stereocenters. The summed E-state index contributed by atoms with van der Waals surface area (Å²) >= 11 is 0. The van der Waals surface area contributed by atoms with Crippen LogP contribution >= 0.6 is 0 Å². The van der Waals surface area contributed by atoms with E-state index in [-0.39, 0.29) is 6.04 Å². The minimum absolute atomic E-state index is 0.101. The van der Waals surface area contributed by atoms with Gasteiger partial charge < -0.3 is 19.5 Å². The highest BCUT2D eigenvalue weighted by molar-refractivity contribution is 5.52. The minimum Gasteiger partial charge on any atom is -0.493 e. The zero-order valence-electron chi connectivity index (χ0n) is 16.3. The monoisotopic (exact) mass is 375 g/mol. The van der Waals surface area contributed by atoms with E-state index in [1.165, 1.54) is 16.7 Å². The van der Waals surface area contributed by atoms with E-state index in [9.17, 15) is 0 Å². The Balaban J connectivity index is 1.60. The standard InChI is InChI=1S/C24H25NO3/c1-26-22-14-18-11-12-25-24(21(18)15-23(22)27-2)19-9-6-10-20(13-19)28-16-17-7-4-3-5-8-17/h3-10,13-15,24-25H,11-12,16H2,1-2H3. The van der Waals surface area contributed by atoms with Crippen molar-refractivity contribution in [1.82, 2.24) is 5.32 Å². The van der Waals surface area contributed by atoms with E-state index in [4.69, 9.17) is 14.2 Å². The van der Waals surface area contributed by atoms with Gasteiger partial charge in [0, 0.05) is 6.54 Å². The molecule has 0 amide bonds. The van der Waals surface area contributed by atoms with Gasteiger partial charge in [-0.15, -0.1) is 0 Å². The van der Waals surface area contributed by atoms with Crippen molar-refractivity contribution in [2.75, 3.05) is 20.8 Å². The van der Waals surface area contributed by atoms with Gasteiger partial charge in [-0.05, 0) is 52.9 Å². The molecule has 0 fully saturated rings. The lowest BCUT2D eigenvalue weighted by molar-refractivity contribution is 0.305. The Morgan fingerprint density at radius 3 is 2.46 bits per heavy atom. The van der Waals surface area contributed by atoms with Gasteiger partial charge in [-0.2, -0.15) is 0 Å². The summed E-state index contributed by atoms with van der Waals surface area (Å²) in [6, 6.07) is 22.8. The molecule has 4 nitrogen and oxygen atoms in total. The summed E-state index contributed by atoms with van der Waals surface area (Å²) in [6.45, 7) is 1.48. The van der Waals surface area contributed by atoms with Crippen LogP contribution in [0.25, 0.3) is 0 Å². The van der Waals surface area contributed by atoms with Crippen molar-refractivity contribution in [3.63, 3.8) is 0 Å². The summed E-state index contributed by atoms with van der Waals surface area (Å²) < 4.78 is 17.0. The Morgan fingerprint density at radius 2 is 1.68 bits per heavy atom.